The van der Waals surface area contributed by atoms with Crippen LogP contribution in [0.2, 0.25) is 0 Å². The molecule has 0 aliphatic rings. The number of unbranched alkanes of at least 4 members (excludes halogenated alkanes) is 1. The topological polar surface area (TPSA) is 15.3 Å². The first-order chi connectivity index (χ1) is 8.72. The minimum atomic E-state index is 0.938. The van der Waals surface area contributed by atoms with E-state index < -0.39 is 0 Å². The second-order valence-corrected chi connectivity index (χ2v) is 5.40. The first kappa shape index (κ1) is 15.5. The molecule has 1 aromatic rings. The van der Waals surface area contributed by atoms with Crippen LogP contribution in [-0.2, 0) is 6.54 Å². The van der Waals surface area contributed by atoms with Gasteiger partial charge in [-0.1, -0.05) is 36.2 Å². The summed E-state index contributed by atoms with van der Waals surface area (Å²) in [5.41, 5.74) is 2.75. The molecule has 102 valence electrons. The van der Waals surface area contributed by atoms with Crippen LogP contribution in [0.15, 0.2) is 22.7 Å². The third-order valence-electron chi connectivity index (χ3n) is 3.11. The lowest BCUT2D eigenvalue weighted by Gasteiger charge is -2.26. The van der Waals surface area contributed by atoms with Gasteiger partial charge in [-0.2, -0.15) is 0 Å². The Bertz CT molecular complexity index is 352. The van der Waals surface area contributed by atoms with Crippen LogP contribution in [0.3, 0.4) is 0 Å². The van der Waals surface area contributed by atoms with Crippen molar-refractivity contribution in [3.63, 3.8) is 0 Å². The van der Waals surface area contributed by atoms with E-state index in [1.807, 2.05) is 0 Å². The van der Waals surface area contributed by atoms with E-state index in [0.29, 0.717) is 0 Å². The van der Waals surface area contributed by atoms with Gasteiger partial charge in [0, 0.05) is 29.8 Å². The third kappa shape index (κ3) is 4.62. The predicted molar refractivity (Wildman–Crippen MR) is 84.3 cm³/mol. The van der Waals surface area contributed by atoms with Crippen molar-refractivity contribution in [3.05, 3.63) is 28.2 Å². The van der Waals surface area contributed by atoms with Gasteiger partial charge in [0.15, 0.2) is 0 Å². The van der Waals surface area contributed by atoms with Crippen molar-refractivity contribution in [3.8, 4) is 0 Å². The number of hydrogen-bond donors (Lipinski definition) is 1. The molecule has 0 bridgehead atoms. The van der Waals surface area contributed by atoms with Crippen molar-refractivity contribution < 1.29 is 0 Å². The molecule has 0 aliphatic carbocycles. The Hall–Kier alpha value is -0.540. The lowest BCUT2D eigenvalue weighted by Crippen LogP contribution is -2.26. The molecule has 0 aliphatic heterocycles. The Morgan fingerprint density at radius 2 is 2.00 bits per heavy atom. The molecule has 0 heterocycles. The zero-order valence-corrected chi connectivity index (χ0v) is 13.4. The summed E-state index contributed by atoms with van der Waals surface area (Å²) >= 11 is 3.57. The largest absolute Gasteiger partial charge is 0.372 e. The van der Waals surface area contributed by atoms with Gasteiger partial charge in [-0.15, -0.1) is 0 Å². The maximum Gasteiger partial charge on any atom is 0.0412 e. The molecular formula is C15H25BrN2. The fourth-order valence-electron chi connectivity index (χ4n) is 2.06. The molecule has 1 N–H and O–H groups in total. The molecule has 1 rings (SSSR count). The second-order valence-electron chi connectivity index (χ2n) is 4.49. The Kier molecular flexibility index (Phi) is 7.36. The van der Waals surface area contributed by atoms with E-state index in [1.54, 1.807) is 0 Å². The van der Waals surface area contributed by atoms with Gasteiger partial charge in [-0.3, -0.25) is 0 Å². The van der Waals surface area contributed by atoms with Crippen LogP contribution in [0.25, 0.3) is 0 Å². The van der Waals surface area contributed by atoms with Gasteiger partial charge in [0.05, 0.1) is 0 Å². The standard InChI is InChI=1S/C15H25BrN2/c1-4-7-10-18(6-3)15-9-8-14(16)11-13(15)12-17-5-2/h8-9,11,17H,4-7,10,12H2,1-3H3. The number of benzene rings is 1. The van der Waals surface area contributed by atoms with E-state index in [0.717, 1.165) is 30.7 Å². The van der Waals surface area contributed by atoms with Crippen molar-refractivity contribution in [1.82, 2.24) is 5.32 Å². The van der Waals surface area contributed by atoms with Gasteiger partial charge in [-0.05, 0) is 43.7 Å². The number of hydrogen-bond acceptors (Lipinski definition) is 2. The second kappa shape index (κ2) is 8.54. The first-order valence-electron chi connectivity index (χ1n) is 6.97. The number of halogens is 1. The van der Waals surface area contributed by atoms with E-state index in [-0.39, 0.29) is 0 Å². The summed E-state index contributed by atoms with van der Waals surface area (Å²) in [6.07, 6.45) is 2.50. The summed E-state index contributed by atoms with van der Waals surface area (Å²) in [6.45, 7) is 10.8. The van der Waals surface area contributed by atoms with Crippen molar-refractivity contribution in [2.75, 3.05) is 24.5 Å². The summed E-state index contributed by atoms with van der Waals surface area (Å²) in [7, 11) is 0. The van der Waals surface area contributed by atoms with Gasteiger partial charge in [0.2, 0.25) is 0 Å². The van der Waals surface area contributed by atoms with Crippen LogP contribution in [-0.4, -0.2) is 19.6 Å². The van der Waals surface area contributed by atoms with Crippen LogP contribution in [0.1, 0.15) is 39.2 Å². The summed E-state index contributed by atoms with van der Waals surface area (Å²) < 4.78 is 1.16. The molecule has 0 unspecified atom stereocenters. The Labute approximate surface area is 120 Å². The van der Waals surface area contributed by atoms with E-state index in [9.17, 15) is 0 Å². The molecule has 0 atom stereocenters. The maximum atomic E-state index is 3.57. The Balaban J connectivity index is 2.89. The van der Waals surface area contributed by atoms with Crippen LogP contribution >= 0.6 is 15.9 Å². The normalized spacial score (nSPS) is 10.7. The SMILES string of the molecule is CCCCN(CC)c1ccc(Br)cc1CNCC. The van der Waals surface area contributed by atoms with Crippen molar-refractivity contribution in [1.29, 1.82) is 0 Å². The van der Waals surface area contributed by atoms with Gasteiger partial charge >= 0.3 is 0 Å². The van der Waals surface area contributed by atoms with E-state index >= 15 is 0 Å². The molecular weight excluding hydrogens is 288 g/mol. The van der Waals surface area contributed by atoms with E-state index in [2.05, 4.69) is 65.1 Å². The van der Waals surface area contributed by atoms with Crippen LogP contribution in [0.5, 0.6) is 0 Å². The highest BCUT2D eigenvalue weighted by Crippen LogP contribution is 2.25. The highest BCUT2D eigenvalue weighted by Gasteiger charge is 2.09. The highest BCUT2D eigenvalue weighted by atomic mass is 79.9. The summed E-state index contributed by atoms with van der Waals surface area (Å²) in [6, 6.07) is 6.60. The average molecular weight is 313 g/mol. The lowest BCUT2D eigenvalue weighted by molar-refractivity contribution is 0.704. The van der Waals surface area contributed by atoms with Crippen molar-refractivity contribution in [2.24, 2.45) is 0 Å². The quantitative estimate of drug-likeness (QED) is 0.774. The predicted octanol–water partition coefficient (Wildman–Crippen LogP) is 4.19. The molecule has 0 aromatic heterocycles. The van der Waals surface area contributed by atoms with Gasteiger partial charge < -0.3 is 10.2 Å². The van der Waals surface area contributed by atoms with Crippen LogP contribution in [0, 0.1) is 0 Å². The number of nitrogens with zero attached hydrogens (tertiary/aromatic N) is 1. The van der Waals surface area contributed by atoms with E-state index in [1.165, 1.54) is 24.1 Å². The fraction of sp³-hybridized carbons (Fsp3) is 0.600. The van der Waals surface area contributed by atoms with Gasteiger partial charge in [-0.25, -0.2) is 0 Å². The van der Waals surface area contributed by atoms with Crippen molar-refractivity contribution in [2.45, 2.75) is 40.2 Å². The molecule has 18 heavy (non-hydrogen) atoms. The molecule has 3 heteroatoms. The Morgan fingerprint density at radius 3 is 2.61 bits per heavy atom. The molecule has 2 nitrogen and oxygen atoms in total. The number of nitrogens with one attached hydrogen (secondary N) is 1. The monoisotopic (exact) mass is 312 g/mol. The summed E-state index contributed by atoms with van der Waals surface area (Å²) in [4.78, 5) is 2.47. The number of anilines is 1. The zero-order chi connectivity index (χ0) is 13.4. The van der Waals surface area contributed by atoms with Crippen LogP contribution < -0.4 is 10.2 Å². The molecule has 0 spiro atoms. The third-order valence-corrected chi connectivity index (χ3v) is 3.60. The van der Waals surface area contributed by atoms with Crippen molar-refractivity contribution >= 4 is 21.6 Å². The lowest BCUT2D eigenvalue weighted by atomic mass is 10.1. The first-order valence-corrected chi connectivity index (χ1v) is 7.76. The Morgan fingerprint density at radius 1 is 1.22 bits per heavy atom. The maximum absolute atomic E-state index is 3.57. The molecule has 0 radical (unpaired) electrons. The van der Waals surface area contributed by atoms with Gasteiger partial charge in [0.1, 0.15) is 0 Å². The smallest absolute Gasteiger partial charge is 0.0412 e. The molecule has 0 amide bonds. The molecule has 1 aromatic carbocycles. The van der Waals surface area contributed by atoms with Gasteiger partial charge in [0.25, 0.3) is 0 Å². The molecule has 0 saturated carbocycles. The minimum absolute atomic E-state index is 0.938. The minimum Gasteiger partial charge on any atom is -0.372 e. The summed E-state index contributed by atoms with van der Waals surface area (Å²) in [5.74, 6) is 0. The van der Waals surface area contributed by atoms with E-state index in [4.69, 9.17) is 0 Å². The average Bonchev–Trinajstić information content (AvgIpc) is 2.38. The highest BCUT2D eigenvalue weighted by molar-refractivity contribution is 9.10. The zero-order valence-electron chi connectivity index (χ0n) is 11.8. The molecule has 0 fully saturated rings. The van der Waals surface area contributed by atoms with Crippen LogP contribution in [0.4, 0.5) is 5.69 Å². The fourth-order valence-corrected chi connectivity index (χ4v) is 2.47. The molecule has 0 saturated heterocycles. The summed E-state index contributed by atoms with van der Waals surface area (Å²) in [5, 5.41) is 3.42. The number of rotatable bonds is 8.